The fourth-order valence-corrected chi connectivity index (χ4v) is 3.44. The molecule has 0 saturated heterocycles. The third-order valence-electron chi connectivity index (χ3n) is 4.17. The van der Waals surface area contributed by atoms with Crippen LogP contribution in [0.3, 0.4) is 0 Å². The quantitative estimate of drug-likeness (QED) is 0.151. The molecule has 13 heteroatoms. The summed E-state index contributed by atoms with van der Waals surface area (Å²) >= 11 is 6.74. The predicted molar refractivity (Wildman–Crippen MR) is 112 cm³/mol. The fourth-order valence-electron chi connectivity index (χ4n) is 2.78. The Bertz CT molecular complexity index is 971. The van der Waals surface area contributed by atoms with Crippen LogP contribution >= 0.6 is 22.9 Å². The number of rotatable bonds is 8. The van der Waals surface area contributed by atoms with Crippen molar-refractivity contribution >= 4 is 52.8 Å². The number of benzene rings is 1. The summed E-state index contributed by atoms with van der Waals surface area (Å²) < 4.78 is 5.38. The number of halogens is 1. The summed E-state index contributed by atoms with van der Waals surface area (Å²) in [6, 6.07) is 4.61. The van der Waals surface area contributed by atoms with Crippen LogP contribution in [0.5, 0.6) is 5.75 Å². The van der Waals surface area contributed by atoms with Crippen molar-refractivity contribution in [2.24, 2.45) is 5.16 Å². The van der Waals surface area contributed by atoms with E-state index in [-0.39, 0.29) is 40.9 Å². The van der Waals surface area contributed by atoms with Crippen LogP contribution in [0.1, 0.15) is 28.0 Å². The number of hydrogen-bond acceptors (Lipinski definition) is 9. The molecule has 1 aromatic heterocycles. The van der Waals surface area contributed by atoms with Crippen molar-refractivity contribution in [2.45, 2.75) is 18.8 Å². The second-order valence-electron chi connectivity index (χ2n) is 6.28. The highest BCUT2D eigenvalue weighted by Crippen LogP contribution is 2.30. The average molecular weight is 453 g/mol. The zero-order valence-electron chi connectivity index (χ0n) is 15.6. The first kappa shape index (κ1) is 21.9. The zero-order valence-corrected chi connectivity index (χ0v) is 17.2. The number of alkyl halides is 1. The summed E-state index contributed by atoms with van der Waals surface area (Å²) in [6.07, 6.45) is 0.694. The van der Waals surface area contributed by atoms with Crippen molar-refractivity contribution in [3.8, 4) is 5.75 Å². The van der Waals surface area contributed by atoms with E-state index in [0.717, 1.165) is 11.3 Å². The molecule has 0 radical (unpaired) electrons. The van der Waals surface area contributed by atoms with Crippen LogP contribution in [-0.4, -0.2) is 58.2 Å². The highest BCUT2D eigenvalue weighted by molar-refractivity contribution is 7.13. The minimum absolute atomic E-state index is 0.0655. The molecule has 0 bridgehead atoms. The summed E-state index contributed by atoms with van der Waals surface area (Å²) in [5, 5.41) is 27.9. The van der Waals surface area contributed by atoms with Crippen molar-refractivity contribution in [1.29, 1.82) is 0 Å². The van der Waals surface area contributed by atoms with Crippen LogP contribution in [0.25, 0.3) is 0 Å². The molecule has 5 N–H and O–H groups in total. The normalized spacial score (nSPS) is 15.9. The lowest BCUT2D eigenvalue weighted by atomic mass is 9.72. The second kappa shape index (κ2) is 9.78. The van der Waals surface area contributed by atoms with E-state index >= 15 is 0 Å². The standard InChI is InChI=1S/C17H18BClN4O6S/c19-5-2-6-28-23-13(11-8-30-17(20)21-11)15(24)22-12-7-9-3-1-4-10(16(25)26)14(9)29-18(12)27/h1,3-4,8,12,27H,2,5-7H2,(H2,20,21)(H,22,24)(H,25,26)/b23-13-/t12-/m0/s1. The number of nitrogens with two attached hydrogens (primary N) is 1. The summed E-state index contributed by atoms with van der Waals surface area (Å²) in [5.74, 6) is -2.22. The minimum Gasteiger partial charge on any atom is -0.534 e. The van der Waals surface area contributed by atoms with Gasteiger partial charge in [-0.2, -0.15) is 0 Å². The molecule has 2 aromatic rings. The van der Waals surface area contributed by atoms with E-state index in [0.29, 0.717) is 17.9 Å². The number of para-hydroxylation sites is 1. The molecule has 2 heterocycles. The first-order chi connectivity index (χ1) is 14.4. The van der Waals surface area contributed by atoms with Crippen LogP contribution in [0, 0.1) is 0 Å². The number of carbonyl (C=O) groups is 2. The van der Waals surface area contributed by atoms with Crippen LogP contribution in [0.15, 0.2) is 28.7 Å². The molecule has 10 nitrogen and oxygen atoms in total. The largest absolute Gasteiger partial charge is 0.547 e. The highest BCUT2D eigenvalue weighted by atomic mass is 35.5. The smallest absolute Gasteiger partial charge is 0.534 e. The number of fused-ring (bicyclic) bond motifs is 1. The van der Waals surface area contributed by atoms with E-state index in [2.05, 4.69) is 15.5 Å². The van der Waals surface area contributed by atoms with Gasteiger partial charge in [0.05, 0.1) is 11.5 Å². The van der Waals surface area contributed by atoms with Crippen molar-refractivity contribution in [3.05, 3.63) is 40.4 Å². The van der Waals surface area contributed by atoms with Gasteiger partial charge in [-0.1, -0.05) is 17.3 Å². The molecule has 1 aromatic carbocycles. The number of carboxylic acids is 1. The predicted octanol–water partition coefficient (Wildman–Crippen LogP) is 0.913. The van der Waals surface area contributed by atoms with E-state index in [1.54, 1.807) is 17.5 Å². The number of thiazole rings is 1. The van der Waals surface area contributed by atoms with E-state index < -0.39 is 24.9 Å². The summed E-state index contributed by atoms with van der Waals surface area (Å²) in [6.45, 7) is 0.209. The number of nitrogens with one attached hydrogen (secondary N) is 1. The molecule has 1 aliphatic heterocycles. The lowest BCUT2D eigenvalue weighted by Crippen LogP contribution is -2.54. The Morgan fingerprint density at radius 2 is 2.30 bits per heavy atom. The van der Waals surface area contributed by atoms with E-state index in [1.165, 1.54) is 6.07 Å². The van der Waals surface area contributed by atoms with Crippen molar-refractivity contribution in [1.82, 2.24) is 10.3 Å². The average Bonchev–Trinajstić information content (AvgIpc) is 3.13. The second-order valence-corrected chi connectivity index (χ2v) is 7.55. The Kier molecular flexibility index (Phi) is 7.13. The van der Waals surface area contributed by atoms with Gasteiger partial charge in [0.25, 0.3) is 5.91 Å². The van der Waals surface area contributed by atoms with Gasteiger partial charge in [0.2, 0.25) is 0 Å². The molecule has 0 aliphatic carbocycles. The lowest BCUT2D eigenvalue weighted by Gasteiger charge is -2.28. The van der Waals surface area contributed by atoms with Crippen LogP contribution in [0.2, 0.25) is 0 Å². The lowest BCUT2D eigenvalue weighted by molar-refractivity contribution is -0.115. The third-order valence-corrected chi connectivity index (χ3v) is 5.11. The first-order valence-corrected chi connectivity index (χ1v) is 10.3. The number of oxime groups is 1. The van der Waals surface area contributed by atoms with E-state index in [9.17, 15) is 19.7 Å². The third kappa shape index (κ3) is 5.01. The van der Waals surface area contributed by atoms with Gasteiger partial charge in [-0.3, -0.25) is 4.79 Å². The van der Waals surface area contributed by atoms with Gasteiger partial charge >= 0.3 is 13.1 Å². The molecule has 0 unspecified atom stereocenters. The van der Waals surface area contributed by atoms with Gasteiger partial charge in [-0.15, -0.1) is 22.9 Å². The number of hydrogen-bond donors (Lipinski definition) is 4. The summed E-state index contributed by atoms with van der Waals surface area (Å²) in [4.78, 5) is 33.4. The number of carboxylic acid groups (broad SMARTS) is 1. The van der Waals surface area contributed by atoms with Crippen molar-refractivity contribution in [3.63, 3.8) is 0 Å². The van der Waals surface area contributed by atoms with Crippen molar-refractivity contribution in [2.75, 3.05) is 18.2 Å². The number of nitrogen functional groups attached to an aromatic ring is 1. The first-order valence-electron chi connectivity index (χ1n) is 8.88. The minimum atomic E-state index is -1.46. The number of nitrogens with zero attached hydrogens (tertiary/aromatic N) is 2. The summed E-state index contributed by atoms with van der Waals surface area (Å²) in [5.41, 5.74) is 6.23. The molecular weight excluding hydrogens is 435 g/mol. The number of carbonyl (C=O) groups excluding carboxylic acids is 1. The topological polar surface area (TPSA) is 156 Å². The van der Waals surface area contributed by atoms with Gasteiger partial charge < -0.3 is 30.7 Å². The van der Waals surface area contributed by atoms with E-state index in [4.69, 9.17) is 26.8 Å². The van der Waals surface area contributed by atoms with Gasteiger partial charge in [0, 0.05) is 11.3 Å². The van der Waals surface area contributed by atoms with Gasteiger partial charge in [0.15, 0.2) is 10.8 Å². The SMILES string of the molecule is Nc1nc(/C(=N/OCCCCl)C(=O)N[C@H]2Cc3cccc(C(=O)O)c3OB2O)cs1. The molecule has 1 aliphatic rings. The van der Waals surface area contributed by atoms with Crippen LogP contribution in [0.4, 0.5) is 5.13 Å². The highest BCUT2D eigenvalue weighted by Gasteiger charge is 2.38. The zero-order chi connectivity index (χ0) is 21.7. The molecule has 0 fully saturated rings. The maximum atomic E-state index is 12.8. The molecular formula is C17H18BClN4O6S. The Morgan fingerprint density at radius 3 is 2.97 bits per heavy atom. The Morgan fingerprint density at radius 1 is 1.50 bits per heavy atom. The fraction of sp³-hybridized carbons (Fsp3) is 0.294. The van der Waals surface area contributed by atoms with Gasteiger partial charge in [0.1, 0.15) is 18.1 Å². The number of anilines is 1. The molecule has 30 heavy (non-hydrogen) atoms. The molecule has 1 atom stereocenters. The van der Waals surface area contributed by atoms with Gasteiger partial charge in [-0.25, -0.2) is 9.78 Å². The Labute approximate surface area is 180 Å². The molecule has 0 saturated carbocycles. The molecule has 158 valence electrons. The van der Waals surface area contributed by atoms with Crippen molar-refractivity contribution < 1.29 is 29.2 Å². The molecule has 1 amide bonds. The molecule has 3 rings (SSSR count). The van der Waals surface area contributed by atoms with Crippen LogP contribution < -0.4 is 15.7 Å². The Balaban J connectivity index is 1.78. The number of aromatic nitrogens is 1. The maximum absolute atomic E-state index is 12.8. The molecule has 0 spiro atoms. The summed E-state index contributed by atoms with van der Waals surface area (Å²) in [7, 11) is -1.46. The number of amides is 1. The number of aromatic carboxylic acids is 1. The maximum Gasteiger partial charge on any atom is 0.547 e. The van der Waals surface area contributed by atoms with Crippen LogP contribution in [-0.2, 0) is 16.1 Å². The van der Waals surface area contributed by atoms with Gasteiger partial charge in [-0.05, 0) is 24.5 Å². The monoisotopic (exact) mass is 452 g/mol. The van der Waals surface area contributed by atoms with E-state index in [1.807, 2.05) is 0 Å². The Hall–Kier alpha value is -2.83.